The smallest absolute Gasteiger partial charge is 0.0958 e. The molecule has 1 aliphatic heterocycles. The molecule has 15 heavy (non-hydrogen) atoms. The number of pyridine rings is 1. The van der Waals surface area contributed by atoms with Gasteiger partial charge < -0.3 is 10.6 Å². The van der Waals surface area contributed by atoms with Crippen LogP contribution in [0.25, 0.3) is 0 Å². The van der Waals surface area contributed by atoms with Crippen LogP contribution in [0.1, 0.15) is 12.8 Å². The highest BCUT2D eigenvalue weighted by Gasteiger charge is 2.16. The van der Waals surface area contributed by atoms with E-state index >= 15 is 0 Å². The third-order valence-electron chi connectivity index (χ3n) is 2.75. The fraction of sp³-hybridized carbons (Fsp3) is 0.545. The summed E-state index contributed by atoms with van der Waals surface area (Å²) >= 11 is 1.67. The van der Waals surface area contributed by atoms with Gasteiger partial charge in [0, 0.05) is 19.1 Å². The van der Waals surface area contributed by atoms with Crippen molar-refractivity contribution in [1.82, 2.24) is 4.98 Å². The van der Waals surface area contributed by atoms with E-state index in [1.54, 1.807) is 11.8 Å². The molecule has 4 heteroatoms. The van der Waals surface area contributed by atoms with Crippen LogP contribution in [-0.2, 0) is 0 Å². The lowest BCUT2D eigenvalue weighted by atomic mass is 10.1. The molecule has 0 aromatic carbocycles. The fourth-order valence-electron chi connectivity index (χ4n) is 1.92. The quantitative estimate of drug-likeness (QED) is 0.775. The lowest BCUT2D eigenvalue weighted by Crippen LogP contribution is -2.42. The molecule has 82 valence electrons. The Kier molecular flexibility index (Phi) is 3.49. The van der Waals surface area contributed by atoms with Crippen LogP contribution in [0, 0.1) is 0 Å². The highest BCUT2D eigenvalue weighted by Crippen LogP contribution is 2.20. The molecule has 0 aliphatic carbocycles. The molecule has 0 radical (unpaired) electrons. The highest BCUT2D eigenvalue weighted by atomic mass is 32.2. The number of aromatic nitrogens is 1. The first kappa shape index (κ1) is 10.8. The average Bonchev–Trinajstić information content (AvgIpc) is 2.29. The Bertz CT molecular complexity index is 312. The van der Waals surface area contributed by atoms with Gasteiger partial charge in [0.05, 0.1) is 16.9 Å². The summed E-state index contributed by atoms with van der Waals surface area (Å²) in [4.78, 5) is 6.70. The molecule has 0 unspecified atom stereocenters. The van der Waals surface area contributed by atoms with E-state index in [-0.39, 0.29) is 0 Å². The van der Waals surface area contributed by atoms with Crippen LogP contribution < -0.4 is 10.6 Å². The summed E-state index contributed by atoms with van der Waals surface area (Å²) in [5.41, 5.74) is 7.15. The van der Waals surface area contributed by atoms with E-state index in [1.165, 1.54) is 12.1 Å². The molecule has 0 bridgehead atoms. The summed E-state index contributed by atoms with van der Waals surface area (Å²) in [7, 11) is 0. The predicted octanol–water partition coefficient (Wildman–Crippen LogP) is 1.73. The number of anilines is 1. The Balaban J connectivity index is 2.07. The second kappa shape index (κ2) is 4.86. The molecule has 0 spiro atoms. The number of hydrogen-bond acceptors (Lipinski definition) is 4. The zero-order valence-corrected chi connectivity index (χ0v) is 9.83. The Labute approximate surface area is 95.1 Å². The number of thioether (sulfide) groups is 1. The highest BCUT2D eigenvalue weighted by molar-refractivity contribution is 7.98. The van der Waals surface area contributed by atoms with Crippen LogP contribution >= 0.6 is 11.8 Å². The molecule has 1 aliphatic rings. The normalized spacial score (nSPS) is 21.7. The Morgan fingerprint density at radius 3 is 3.00 bits per heavy atom. The van der Waals surface area contributed by atoms with Crippen LogP contribution in [0.15, 0.2) is 23.4 Å². The van der Waals surface area contributed by atoms with Crippen molar-refractivity contribution in [1.29, 1.82) is 0 Å². The van der Waals surface area contributed by atoms with E-state index in [9.17, 15) is 0 Å². The van der Waals surface area contributed by atoms with Crippen LogP contribution in [0.3, 0.4) is 0 Å². The molecular weight excluding hydrogens is 206 g/mol. The summed E-state index contributed by atoms with van der Waals surface area (Å²) in [6.45, 7) is 2.06. The fourth-order valence-corrected chi connectivity index (χ4v) is 2.29. The summed E-state index contributed by atoms with van der Waals surface area (Å²) in [6, 6.07) is 4.52. The first-order chi connectivity index (χ1) is 7.29. The topological polar surface area (TPSA) is 42.1 Å². The zero-order valence-electron chi connectivity index (χ0n) is 9.02. The van der Waals surface area contributed by atoms with E-state index in [0.29, 0.717) is 6.04 Å². The van der Waals surface area contributed by atoms with Crippen molar-refractivity contribution in [2.45, 2.75) is 23.9 Å². The van der Waals surface area contributed by atoms with Crippen molar-refractivity contribution in [3.05, 3.63) is 18.3 Å². The predicted molar refractivity (Wildman–Crippen MR) is 65.4 cm³/mol. The molecule has 2 heterocycles. The summed E-state index contributed by atoms with van der Waals surface area (Å²) in [5, 5.41) is 1.07. The second-order valence-corrected chi connectivity index (χ2v) is 4.73. The SMILES string of the molecule is CSc1ccc(N2CCC[C@H](N)C2)cn1. The Morgan fingerprint density at radius 2 is 2.40 bits per heavy atom. The number of piperidine rings is 1. The van der Waals surface area contributed by atoms with Crippen LogP contribution in [0.5, 0.6) is 0 Å². The number of nitrogens with zero attached hydrogens (tertiary/aromatic N) is 2. The van der Waals surface area contributed by atoms with Gasteiger partial charge in [-0.2, -0.15) is 0 Å². The van der Waals surface area contributed by atoms with E-state index in [2.05, 4.69) is 22.0 Å². The van der Waals surface area contributed by atoms with Crippen molar-refractivity contribution in [2.24, 2.45) is 5.73 Å². The van der Waals surface area contributed by atoms with Gasteiger partial charge >= 0.3 is 0 Å². The van der Waals surface area contributed by atoms with Gasteiger partial charge in [0.25, 0.3) is 0 Å². The molecule has 1 saturated heterocycles. The van der Waals surface area contributed by atoms with Crippen molar-refractivity contribution in [3.8, 4) is 0 Å². The molecule has 2 N–H and O–H groups in total. The monoisotopic (exact) mass is 223 g/mol. The summed E-state index contributed by atoms with van der Waals surface area (Å²) in [6.07, 6.45) is 6.32. The lowest BCUT2D eigenvalue weighted by Gasteiger charge is -2.32. The summed E-state index contributed by atoms with van der Waals surface area (Å²) < 4.78 is 0. The summed E-state index contributed by atoms with van der Waals surface area (Å²) in [5.74, 6) is 0. The maximum atomic E-state index is 5.95. The molecule has 1 aromatic heterocycles. The standard InChI is InChI=1S/C11H17N3S/c1-15-11-5-4-10(7-13-11)14-6-2-3-9(12)8-14/h4-5,7,9H,2-3,6,8,12H2,1H3/t9-/m0/s1. The van der Waals surface area contributed by atoms with E-state index in [4.69, 9.17) is 5.73 Å². The molecule has 1 fully saturated rings. The van der Waals surface area contributed by atoms with E-state index in [1.807, 2.05) is 12.5 Å². The minimum Gasteiger partial charge on any atom is -0.369 e. The Morgan fingerprint density at radius 1 is 1.53 bits per heavy atom. The average molecular weight is 223 g/mol. The molecule has 3 nitrogen and oxygen atoms in total. The van der Waals surface area contributed by atoms with Gasteiger partial charge in [-0.05, 0) is 31.2 Å². The maximum absolute atomic E-state index is 5.95. The van der Waals surface area contributed by atoms with Crippen molar-refractivity contribution in [3.63, 3.8) is 0 Å². The molecule has 1 aromatic rings. The molecular formula is C11H17N3S. The van der Waals surface area contributed by atoms with Crippen LogP contribution in [0.2, 0.25) is 0 Å². The van der Waals surface area contributed by atoms with Crippen molar-refractivity contribution >= 4 is 17.4 Å². The first-order valence-corrected chi connectivity index (χ1v) is 6.52. The van der Waals surface area contributed by atoms with Gasteiger partial charge in [0.1, 0.15) is 0 Å². The van der Waals surface area contributed by atoms with Crippen LogP contribution in [0.4, 0.5) is 5.69 Å². The van der Waals surface area contributed by atoms with Gasteiger partial charge in [-0.3, -0.25) is 0 Å². The van der Waals surface area contributed by atoms with Gasteiger partial charge in [0.2, 0.25) is 0 Å². The number of hydrogen-bond donors (Lipinski definition) is 1. The first-order valence-electron chi connectivity index (χ1n) is 5.30. The van der Waals surface area contributed by atoms with Gasteiger partial charge in [0.15, 0.2) is 0 Å². The molecule has 1 atom stereocenters. The second-order valence-electron chi connectivity index (χ2n) is 3.91. The van der Waals surface area contributed by atoms with Crippen LogP contribution in [-0.4, -0.2) is 30.4 Å². The molecule has 2 rings (SSSR count). The minimum atomic E-state index is 0.318. The largest absolute Gasteiger partial charge is 0.369 e. The molecule has 0 amide bonds. The third kappa shape index (κ3) is 2.63. The van der Waals surface area contributed by atoms with Crippen molar-refractivity contribution in [2.75, 3.05) is 24.2 Å². The van der Waals surface area contributed by atoms with Gasteiger partial charge in [-0.25, -0.2) is 4.98 Å². The maximum Gasteiger partial charge on any atom is 0.0958 e. The number of rotatable bonds is 2. The number of nitrogens with two attached hydrogens (primary N) is 1. The molecule has 0 saturated carbocycles. The van der Waals surface area contributed by atoms with E-state index < -0.39 is 0 Å². The lowest BCUT2D eigenvalue weighted by molar-refractivity contribution is 0.505. The zero-order chi connectivity index (χ0) is 10.7. The van der Waals surface area contributed by atoms with Crippen molar-refractivity contribution < 1.29 is 0 Å². The van der Waals surface area contributed by atoms with Gasteiger partial charge in [-0.15, -0.1) is 11.8 Å². The minimum absolute atomic E-state index is 0.318. The van der Waals surface area contributed by atoms with Gasteiger partial charge in [-0.1, -0.05) is 0 Å². The van der Waals surface area contributed by atoms with E-state index in [0.717, 1.165) is 24.5 Å². The Hall–Kier alpha value is -0.740. The third-order valence-corrected chi connectivity index (χ3v) is 3.41.